The lowest BCUT2D eigenvalue weighted by atomic mass is 9.45. The van der Waals surface area contributed by atoms with Crippen LogP contribution >= 0.6 is 0 Å². The first-order chi connectivity index (χ1) is 12.8. The van der Waals surface area contributed by atoms with E-state index in [-0.39, 0.29) is 47.7 Å². The fraction of sp³-hybridized carbons (Fsp3) is 0.857. The lowest BCUT2D eigenvalue weighted by Gasteiger charge is -2.60. The Morgan fingerprint density at radius 3 is 2.29 bits per heavy atom. The largest absolute Gasteiger partial charge is 0.456 e. The van der Waals surface area contributed by atoms with Crippen molar-refractivity contribution in [3.63, 3.8) is 0 Å². The third-order valence-electron chi connectivity index (χ3n) is 9.07. The molecule has 4 rings (SSSR count). The summed E-state index contributed by atoms with van der Waals surface area (Å²) in [6.07, 6.45) is 0.0608. The first-order valence-corrected chi connectivity index (χ1v) is 10.2. The molecule has 0 saturated heterocycles. The molecule has 7 heteroatoms. The number of rotatable bonds is 1. The highest BCUT2D eigenvalue weighted by atomic mass is 19.4. The summed E-state index contributed by atoms with van der Waals surface area (Å²) in [6.45, 7) is 3.54. The Bertz CT molecular complexity index is 716. The van der Waals surface area contributed by atoms with Gasteiger partial charge in [-0.05, 0) is 73.7 Å². The maximum atomic E-state index is 14.4. The summed E-state index contributed by atoms with van der Waals surface area (Å²) >= 11 is 0. The minimum absolute atomic E-state index is 0.00379. The molecule has 4 aliphatic carbocycles. The van der Waals surface area contributed by atoms with E-state index in [1.807, 2.05) is 6.08 Å². The van der Waals surface area contributed by atoms with E-state index in [2.05, 4.69) is 6.92 Å². The molecule has 0 aliphatic heterocycles. The van der Waals surface area contributed by atoms with Crippen LogP contribution in [0.15, 0.2) is 12.2 Å². The van der Waals surface area contributed by atoms with Crippen molar-refractivity contribution in [2.45, 2.75) is 76.5 Å². The van der Waals surface area contributed by atoms with Crippen molar-refractivity contribution in [3.8, 4) is 0 Å². The fourth-order valence-corrected chi connectivity index (χ4v) is 7.40. The molecule has 158 valence electrons. The van der Waals surface area contributed by atoms with Gasteiger partial charge >= 0.3 is 12.1 Å². The van der Waals surface area contributed by atoms with E-state index in [0.717, 1.165) is 12.8 Å². The second kappa shape index (κ2) is 5.79. The van der Waals surface area contributed by atoms with Gasteiger partial charge in [0.2, 0.25) is 0 Å². The highest BCUT2D eigenvalue weighted by Gasteiger charge is 2.79. The third kappa shape index (κ3) is 2.31. The van der Waals surface area contributed by atoms with Crippen molar-refractivity contribution in [1.82, 2.24) is 0 Å². The molecular weight excluding hydrogens is 379 g/mol. The average Bonchev–Trinajstić information content (AvgIpc) is 2.87. The molecule has 0 heterocycles. The van der Waals surface area contributed by atoms with Crippen molar-refractivity contribution in [3.05, 3.63) is 12.2 Å². The molecule has 1 N–H and O–H groups in total. The molecule has 3 saturated carbocycles. The first-order valence-electron chi connectivity index (χ1n) is 10.2. The van der Waals surface area contributed by atoms with Crippen molar-refractivity contribution in [1.29, 1.82) is 0 Å². The monoisotopic (exact) mass is 406 g/mol. The summed E-state index contributed by atoms with van der Waals surface area (Å²) in [4.78, 5) is 11.8. The Labute approximate surface area is 161 Å². The smallest absolute Gasteiger partial charge is 0.383 e. The number of aliphatic hydroxyl groups is 1. The van der Waals surface area contributed by atoms with Gasteiger partial charge < -0.3 is 5.11 Å². The molecule has 2 nitrogen and oxygen atoms in total. The number of halogens is 5. The number of carbonyl (C=O) groups is 1. The van der Waals surface area contributed by atoms with E-state index in [1.165, 1.54) is 6.92 Å². The number of hydrogen-bond donors (Lipinski definition) is 1. The molecule has 0 amide bonds. The maximum Gasteiger partial charge on any atom is 0.456 e. The van der Waals surface area contributed by atoms with Crippen molar-refractivity contribution >= 4 is 5.78 Å². The van der Waals surface area contributed by atoms with E-state index in [9.17, 15) is 31.9 Å². The van der Waals surface area contributed by atoms with Gasteiger partial charge in [-0.1, -0.05) is 19.9 Å². The second-order valence-electron chi connectivity index (χ2n) is 9.95. The van der Waals surface area contributed by atoms with Gasteiger partial charge in [-0.15, -0.1) is 0 Å². The number of fused-ring (bicyclic) bond motifs is 5. The highest BCUT2D eigenvalue weighted by Crippen LogP contribution is 2.70. The molecule has 7 atom stereocenters. The SMILES string of the molecule is C[C@]12C=CC(=O)CC1CC[C@@H]1[C@H]2CC[C@@]2(C)[C@H]1CCC2(O)C(F)(F)C(F)(F)F. The zero-order valence-electron chi connectivity index (χ0n) is 16.2. The Morgan fingerprint density at radius 1 is 1.00 bits per heavy atom. The van der Waals surface area contributed by atoms with Crippen LogP contribution in [0.5, 0.6) is 0 Å². The van der Waals surface area contributed by atoms with Gasteiger partial charge in [-0.3, -0.25) is 4.79 Å². The minimum Gasteiger partial charge on any atom is -0.383 e. The Hall–Kier alpha value is -0.980. The standard InChI is InChI=1S/C21H27F5O2/c1-17-8-5-13(27)11-12(17)3-4-14-15(17)6-9-18(2)16(14)7-10-19(18,28)20(22,23)21(24,25)26/h5,8,12,14-16,28H,3-4,6-7,9-11H2,1-2H3/t12?,14-,15-,16+,17+,18+,19?/m1/s1. The predicted molar refractivity (Wildman–Crippen MR) is 92.6 cm³/mol. The molecule has 2 unspecified atom stereocenters. The first kappa shape index (κ1) is 20.3. The third-order valence-corrected chi connectivity index (χ3v) is 9.07. The quantitative estimate of drug-likeness (QED) is 0.600. The molecule has 0 aromatic rings. The van der Waals surface area contributed by atoms with Crippen molar-refractivity contribution in [2.75, 3.05) is 0 Å². The predicted octanol–water partition coefficient (Wildman–Crippen LogP) is 5.30. The molecule has 0 aromatic carbocycles. The summed E-state index contributed by atoms with van der Waals surface area (Å²) in [5.74, 6) is -5.05. The number of allylic oxidation sites excluding steroid dienone is 2. The van der Waals surface area contributed by atoms with Crippen molar-refractivity contribution in [2.24, 2.45) is 34.5 Å². The van der Waals surface area contributed by atoms with Crippen LogP contribution < -0.4 is 0 Å². The Kier molecular flexibility index (Phi) is 4.20. The van der Waals surface area contributed by atoms with Crippen LogP contribution in [-0.4, -0.2) is 28.6 Å². The Balaban J connectivity index is 1.70. The number of hydrogen-bond acceptors (Lipinski definition) is 2. The van der Waals surface area contributed by atoms with Crippen LogP contribution in [-0.2, 0) is 4.79 Å². The van der Waals surface area contributed by atoms with Crippen LogP contribution in [0.2, 0.25) is 0 Å². The van der Waals surface area contributed by atoms with Crippen LogP contribution in [0.1, 0.15) is 58.8 Å². The zero-order chi connectivity index (χ0) is 20.8. The highest BCUT2D eigenvalue weighted by molar-refractivity contribution is 5.91. The van der Waals surface area contributed by atoms with Gasteiger partial charge in [0.1, 0.15) is 5.60 Å². The van der Waals surface area contributed by atoms with Crippen LogP contribution in [0.4, 0.5) is 22.0 Å². The van der Waals surface area contributed by atoms with E-state index in [1.54, 1.807) is 6.08 Å². The molecule has 3 fully saturated rings. The number of carbonyl (C=O) groups excluding carboxylic acids is 1. The van der Waals surface area contributed by atoms with Gasteiger partial charge in [-0.2, -0.15) is 22.0 Å². The summed E-state index contributed by atoms with van der Waals surface area (Å²) in [6, 6.07) is 0. The molecular formula is C21H27F5O2. The topological polar surface area (TPSA) is 37.3 Å². The normalized spacial score (nSPS) is 48.8. The van der Waals surface area contributed by atoms with Gasteiger partial charge in [0.15, 0.2) is 5.78 Å². The minimum atomic E-state index is -5.77. The summed E-state index contributed by atoms with van der Waals surface area (Å²) in [7, 11) is 0. The second-order valence-corrected chi connectivity index (χ2v) is 9.95. The number of ketones is 1. The molecule has 28 heavy (non-hydrogen) atoms. The van der Waals surface area contributed by atoms with Gasteiger partial charge in [0, 0.05) is 11.8 Å². The molecule has 0 bridgehead atoms. The molecule has 0 spiro atoms. The van der Waals surface area contributed by atoms with E-state index in [0.29, 0.717) is 12.8 Å². The van der Waals surface area contributed by atoms with Crippen LogP contribution in [0.25, 0.3) is 0 Å². The summed E-state index contributed by atoms with van der Waals surface area (Å²) in [5, 5.41) is 10.8. The summed E-state index contributed by atoms with van der Waals surface area (Å²) < 4.78 is 68.3. The molecule has 0 aromatic heterocycles. The lowest BCUT2D eigenvalue weighted by Crippen LogP contribution is -2.65. The Morgan fingerprint density at radius 2 is 1.64 bits per heavy atom. The van der Waals surface area contributed by atoms with E-state index >= 15 is 0 Å². The van der Waals surface area contributed by atoms with Gasteiger partial charge in [-0.25, -0.2) is 0 Å². The number of alkyl halides is 5. The summed E-state index contributed by atoms with van der Waals surface area (Å²) in [5.41, 5.74) is -4.76. The zero-order valence-corrected chi connectivity index (χ0v) is 16.2. The van der Waals surface area contributed by atoms with E-state index in [4.69, 9.17) is 0 Å². The molecule has 0 radical (unpaired) electrons. The van der Waals surface area contributed by atoms with Crippen LogP contribution in [0.3, 0.4) is 0 Å². The van der Waals surface area contributed by atoms with Crippen molar-refractivity contribution < 1.29 is 31.9 Å². The van der Waals surface area contributed by atoms with Crippen LogP contribution in [0, 0.1) is 34.5 Å². The lowest BCUT2D eigenvalue weighted by molar-refractivity contribution is -0.363. The molecule has 4 aliphatic rings. The van der Waals surface area contributed by atoms with Gasteiger partial charge in [0.25, 0.3) is 0 Å². The maximum absolute atomic E-state index is 14.4. The van der Waals surface area contributed by atoms with Gasteiger partial charge in [0.05, 0.1) is 0 Å². The van der Waals surface area contributed by atoms with E-state index < -0.39 is 29.5 Å². The fourth-order valence-electron chi connectivity index (χ4n) is 7.40. The average molecular weight is 406 g/mol.